The molecule has 0 bridgehead atoms. The number of aromatic nitrogens is 1. The topological polar surface area (TPSA) is 48.4 Å². The van der Waals surface area contributed by atoms with E-state index in [0.29, 0.717) is 6.61 Å². The number of hydrogen-bond acceptors (Lipinski definition) is 4. The Hall–Kier alpha value is -1.49. The zero-order valence-electron chi connectivity index (χ0n) is 11.1. The van der Waals surface area contributed by atoms with Crippen LogP contribution in [0.3, 0.4) is 0 Å². The SMILES string of the molecule is CCOc1nccc(C(=O)C(C)(C)OCC)c1F. The van der Waals surface area contributed by atoms with Gasteiger partial charge in [0.05, 0.1) is 12.2 Å². The second kappa shape index (κ2) is 5.91. The zero-order chi connectivity index (χ0) is 13.8. The summed E-state index contributed by atoms with van der Waals surface area (Å²) < 4.78 is 24.4. The molecule has 0 N–H and O–H groups in total. The second-order valence-electron chi connectivity index (χ2n) is 4.18. The van der Waals surface area contributed by atoms with Crippen LogP contribution in [0.4, 0.5) is 4.39 Å². The smallest absolute Gasteiger partial charge is 0.251 e. The Morgan fingerprint density at radius 2 is 2.06 bits per heavy atom. The van der Waals surface area contributed by atoms with E-state index in [4.69, 9.17) is 9.47 Å². The van der Waals surface area contributed by atoms with Crippen molar-refractivity contribution in [2.45, 2.75) is 33.3 Å². The molecule has 0 unspecified atom stereocenters. The minimum Gasteiger partial charge on any atom is -0.476 e. The fourth-order valence-corrected chi connectivity index (χ4v) is 1.59. The largest absolute Gasteiger partial charge is 0.476 e. The highest BCUT2D eigenvalue weighted by molar-refractivity contribution is 6.02. The number of Topliss-reactive ketones (excluding diaryl/α,β-unsaturated/α-hetero) is 1. The maximum Gasteiger partial charge on any atom is 0.251 e. The number of ether oxygens (including phenoxy) is 2. The summed E-state index contributed by atoms with van der Waals surface area (Å²) in [6.07, 6.45) is 1.35. The number of hydrogen-bond donors (Lipinski definition) is 0. The van der Waals surface area contributed by atoms with Gasteiger partial charge in [0, 0.05) is 12.8 Å². The Kier molecular flexibility index (Phi) is 4.78. The Morgan fingerprint density at radius 1 is 1.39 bits per heavy atom. The van der Waals surface area contributed by atoms with Gasteiger partial charge in [-0.05, 0) is 33.8 Å². The number of carbonyl (C=O) groups is 1. The molecule has 0 radical (unpaired) electrons. The summed E-state index contributed by atoms with van der Waals surface area (Å²) in [6, 6.07) is 1.33. The van der Waals surface area contributed by atoms with Crippen LogP contribution < -0.4 is 4.74 Å². The standard InChI is InChI=1S/C13H18FNO3/c1-5-17-12-10(14)9(7-8-15-12)11(16)13(3,4)18-6-2/h7-8H,5-6H2,1-4H3. The summed E-state index contributed by atoms with van der Waals surface area (Å²) in [6.45, 7) is 7.39. The molecule has 1 aromatic rings. The number of carbonyl (C=O) groups excluding carboxylic acids is 1. The van der Waals surface area contributed by atoms with Gasteiger partial charge in [0.1, 0.15) is 5.60 Å². The fourth-order valence-electron chi connectivity index (χ4n) is 1.59. The molecule has 0 aliphatic carbocycles. The lowest BCUT2D eigenvalue weighted by Crippen LogP contribution is -2.35. The van der Waals surface area contributed by atoms with E-state index in [-0.39, 0.29) is 18.1 Å². The molecular weight excluding hydrogens is 237 g/mol. The van der Waals surface area contributed by atoms with E-state index in [9.17, 15) is 9.18 Å². The third-order valence-corrected chi connectivity index (χ3v) is 2.43. The van der Waals surface area contributed by atoms with Gasteiger partial charge in [-0.1, -0.05) is 0 Å². The molecule has 4 nitrogen and oxygen atoms in total. The van der Waals surface area contributed by atoms with Crippen molar-refractivity contribution in [2.24, 2.45) is 0 Å². The molecule has 5 heteroatoms. The number of pyridine rings is 1. The van der Waals surface area contributed by atoms with Gasteiger partial charge in [0.2, 0.25) is 0 Å². The molecule has 0 atom stereocenters. The van der Waals surface area contributed by atoms with E-state index in [1.54, 1.807) is 27.7 Å². The summed E-state index contributed by atoms with van der Waals surface area (Å²) in [7, 11) is 0. The lowest BCUT2D eigenvalue weighted by molar-refractivity contribution is 0.000896. The quantitative estimate of drug-likeness (QED) is 0.733. The molecule has 0 aliphatic rings. The Bertz CT molecular complexity index is 432. The van der Waals surface area contributed by atoms with Crippen molar-refractivity contribution in [1.82, 2.24) is 4.98 Å². The molecule has 0 aromatic carbocycles. The van der Waals surface area contributed by atoms with Gasteiger partial charge >= 0.3 is 0 Å². The summed E-state index contributed by atoms with van der Waals surface area (Å²) in [4.78, 5) is 15.9. The van der Waals surface area contributed by atoms with Crippen LogP contribution in [0.25, 0.3) is 0 Å². The van der Waals surface area contributed by atoms with E-state index in [1.807, 2.05) is 0 Å². The molecule has 1 heterocycles. The molecule has 1 rings (SSSR count). The van der Waals surface area contributed by atoms with E-state index >= 15 is 0 Å². The molecular formula is C13H18FNO3. The predicted molar refractivity (Wildman–Crippen MR) is 65.4 cm³/mol. The minimum atomic E-state index is -1.07. The number of halogens is 1. The van der Waals surface area contributed by atoms with Gasteiger partial charge in [-0.15, -0.1) is 0 Å². The maximum absolute atomic E-state index is 14.0. The highest BCUT2D eigenvalue weighted by Gasteiger charge is 2.32. The average Bonchev–Trinajstić information content (AvgIpc) is 2.31. The third kappa shape index (κ3) is 3.04. The van der Waals surface area contributed by atoms with Crippen molar-refractivity contribution in [3.63, 3.8) is 0 Å². The first-order chi connectivity index (χ1) is 8.44. The molecule has 100 valence electrons. The number of ketones is 1. The molecule has 1 aromatic heterocycles. The lowest BCUT2D eigenvalue weighted by atomic mass is 9.97. The monoisotopic (exact) mass is 255 g/mol. The van der Waals surface area contributed by atoms with Crippen LogP contribution in [0.5, 0.6) is 5.88 Å². The minimum absolute atomic E-state index is 0.0631. The zero-order valence-corrected chi connectivity index (χ0v) is 11.1. The van der Waals surface area contributed by atoms with Crippen LogP contribution >= 0.6 is 0 Å². The average molecular weight is 255 g/mol. The Balaban J connectivity index is 3.10. The van der Waals surface area contributed by atoms with Crippen LogP contribution in [-0.2, 0) is 4.74 Å². The van der Waals surface area contributed by atoms with Crippen LogP contribution in [0.1, 0.15) is 38.1 Å². The molecule has 0 saturated carbocycles. The summed E-state index contributed by atoms with van der Waals surface area (Å²) >= 11 is 0. The molecule has 18 heavy (non-hydrogen) atoms. The van der Waals surface area contributed by atoms with Gasteiger partial charge < -0.3 is 9.47 Å². The molecule has 0 saturated heterocycles. The van der Waals surface area contributed by atoms with E-state index in [0.717, 1.165) is 0 Å². The van der Waals surface area contributed by atoms with Crippen molar-refractivity contribution in [1.29, 1.82) is 0 Å². The Labute approximate surface area is 106 Å². The van der Waals surface area contributed by atoms with Crippen molar-refractivity contribution in [3.8, 4) is 5.88 Å². The number of rotatable bonds is 6. The van der Waals surface area contributed by atoms with Crippen LogP contribution in [0, 0.1) is 5.82 Å². The number of nitrogens with zero attached hydrogens (tertiary/aromatic N) is 1. The van der Waals surface area contributed by atoms with Crippen LogP contribution in [-0.4, -0.2) is 29.6 Å². The van der Waals surface area contributed by atoms with Crippen molar-refractivity contribution in [2.75, 3.05) is 13.2 Å². The summed E-state index contributed by atoms with van der Waals surface area (Å²) in [5.74, 6) is -1.32. The van der Waals surface area contributed by atoms with Crippen molar-refractivity contribution >= 4 is 5.78 Å². The molecule has 0 fully saturated rings. The van der Waals surface area contributed by atoms with Gasteiger partial charge in [0.25, 0.3) is 5.88 Å². The first-order valence-electron chi connectivity index (χ1n) is 5.90. The van der Waals surface area contributed by atoms with Gasteiger partial charge in [-0.25, -0.2) is 9.37 Å². The molecule has 0 spiro atoms. The van der Waals surface area contributed by atoms with E-state index in [2.05, 4.69) is 4.98 Å². The lowest BCUT2D eigenvalue weighted by Gasteiger charge is -2.23. The normalized spacial score (nSPS) is 11.4. The van der Waals surface area contributed by atoms with Crippen LogP contribution in [0.15, 0.2) is 12.3 Å². The Morgan fingerprint density at radius 3 is 2.61 bits per heavy atom. The molecule has 0 amide bonds. The van der Waals surface area contributed by atoms with E-state index < -0.39 is 17.2 Å². The highest BCUT2D eigenvalue weighted by atomic mass is 19.1. The fraction of sp³-hybridized carbons (Fsp3) is 0.538. The van der Waals surface area contributed by atoms with Crippen molar-refractivity contribution in [3.05, 3.63) is 23.6 Å². The highest BCUT2D eigenvalue weighted by Crippen LogP contribution is 2.23. The molecule has 0 aliphatic heterocycles. The van der Waals surface area contributed by atoms with Gasteiger partial charge in [0.15, 0.2) is 11.6 Å². The maximum atomic E-state index is 14.0. The summed E-state index contributed by atoms with van der Waals surface area (Å²) in [5, 5.41) is 0. The summed E-state index contributed by atoms with van der Waals surface area (Å²) in [5.41, 5.74) is -1.13. The van der Waals surface area contributed by atoms with Crippen molar-refractivity contribution < 1.29 is 18.7 Å². The predicted octanol–water partition coefficient (Wildman–Crippen LogP) is 2.62. The van der Waals surface area contributed by atoms with E-state index in [1.165, 1.54) is 12.3 Å². The first-order valence-corrected chi connectivity index (χ1v) is 5.90. The van der Waals surface area contributed by atoms with Gasteiger partial charge in [-0.3, -0.25) is 4.79 Å². The first kappa shape index (κ1) is 14.6. The second-order valence-corrected chi connectivity index (χ2v) is 4.18. The van der Waals surface area contributed by atoms with Crippen LogP contribution in [0.2, 0.25) is 0 Å². The third-order valence-electron chi connectivity index (χ3n) is 2.43. The van der Waals surface area contributed by atoms with Gasteiger partial charge in [-0.2, -0.15) is 0 Å².